The lowest BCUT2D eigenvalue weighted by Gasteiger charge is -2.27. The second kappa shape index (κ2) is 5.50. The molecule has 0 unspecified atom stereocenters. The smallest absolute Gasteiger partial charge is 0.323 e. The number of aliphatic carboxylic acids is 1. The zero-order chi connectivity index (χ0) is 15.8. The van der Waals surface area contributed by atoms with Gasteiger partial charge in [0.1, 0.15) is 6.54 Å². The summed E-state index contributed by atoms with van der Waals surface area (Å²) in [5.74, 6) is -0.492. The van der Waals surface area contributed by atoms with Gasteiger partial charge in [-0.3, -0.25) is 4.79 Å². The van der Waals surface area contributed by atoms with Crippen molar-refractivity contribution in [3.05, 3.63) is 0 Å². The van der Waals surface area contributed by atoms with Gasteiger partial charge in [-0.25, -0.2) is 4.79 Å². The Morgan fingerprint density at radius 1 is 1.14 bits per heavy atom. The van der Waals surface area contributed by atoms with E-state index in [4.69, 9.17) is 5.11 Å². The van der Waals surface area contributed by atoms with Gasteiger partial charge < -0.3 is 15.3 Å². The summed E-state index contributed by atoms with van der Waals surface area (Å²) in [6.07, 6.45) is 4.00. The first-order chi connectivity index (χ1) is 9.68. The summed E-state index contributed by atoms with van der Waals surface area (Å²) in [4.78, 5) is 24.9. The molecule has 0 heterocycles. The van der Waals surface area contributed by atoms with Crippen molar-refractivity contribution < 1.29 is 14.7 Å². The number of nitrogens with zero attached hydrogens (tertiary/aromatic N) is 1. The molecule has 0 aromatic heterocycles. The Morgan fingerprint density at radius 3 is 2.10 bits per heavy atom. The van der Waals surface area contributed by atoms with Crippen molar-refractivity contribution >= 4 is 12.0 Å². The van der Waals surface area contributed by atoms with Gasteiger partial charge in [-0.1, -0.05) is 40.5 Å². The number of amides is 2. The maximum atomic E-state index is 12.4. The van der Waals surface area contributed by atoms with Gasteiger partial charge in [-0.15, -0.1) is 0 Å². The molecule has 0 aromatic carbocycles. The van der Waals surface area contributed by atoms with Crippen LogP contribution in [0.2, 0.25) is 0 Å². The Kier molecular flexibility index (Phi) is 4.22. The van der Waals surface area contributed by atoms with Crippen LogP contribution >= 0.6 is 0 Å². The SMILES string of the molecule is CC1(C)C(CNC(=O)N(CC(=O)O)C2CCCC2)C1(C)C. The second-order valence-electron chi connectivity index (χ2n) is 7.64. The van der Waals surface area contributed by atoms with Crippen LogP contribution in [0.1, 0.15) is 53.4 Å². The number of carbonyl (C=O) groups excluding carboxylic acids is 1. The molecule has 5 nitrogen and oxygen atoms in total. The van der Waals surface area contributed by atoms with Crippen LogP contribution in [-0.4, -0.2) is 41.1 Å². The minimum absolute atomic E-state index is 0.0846. The third kappa shape index (κ3) is 3.01. The van der Waals surface area contributed by atoms with E-state index in [1.165, 1.54) is 4.90 Å². The molecule has 5 heteroatoms. The molecule has 2 saturated carbocycles. The fraction of sp³-hybridized carbons (Fsp3) is 0.875. The van der Waals surface area contributed by atoms with E-state index in [2.05, 4.69) is 33.0 Å². The van der Waals surface area contributed by atoms with E-state index in [-0.39, 0.29) is 29.4 Å². The summed E-state index contributed by atoms with van der Waals surface area (Å²) in [7, 11) is 0. The van der Waals surface area contributed by atoms with Crippen molar-refractivity contribution in [2.45, 2.75) is 59.4 Å². The maximum Gasteiger partial charge on any atom is 0.323 e. The molecule has 2 N–H and O–H groups in total. The monoisotopic (exact) mass is 296 g/mol. The summed E-state index contributed by atoms with van der Waals surface area (Å²) in [5.41, 5.74) is 0.455. The molecule has 2 aliphatic carbocycles. The fourth-order valence-electron chi connectivity index (χ4n) is 3.86. The summed E-state index contributed by atoms with van der Waals surface area (Å²) >= 11 is 0. The number of hydrogen-bond acceptors (Lipinski definition) is 2. The number of urea groups is 1. The van der Waals surface area contributed by atoms with E-state index in [1.807, 2.05) is 0 Å². The average Bonchev–Trinajstić information content (AvgIpc) is 2.80. The zero-order valence-electron chi connectivity index (χ0n) is 13.6. The number of hydrogen-bond donors (Lipinski definition) is 2. The van der Waals surface area contributed by atoms with Gasteiger partial charge >= 0.3 is 12.0 Å². The van der Waals surface area contributed by atoms with E-state index in [0.29, 0.717) is 12.5 Å². The molecule has 0 bridgehead atoms. The first kappa shape index (κ1) is 16.1. The molecule has 2 aliphatic rings. The van der Waals surface area contributed by atoms with Crippen molar-refractivity contribution in [2.24, 2.45) is 16.7 Å². The number of carbonyl (C=O) groups is 2. The van der Waals surface area contributed by atoms with Crippen LogP contribution in [0, 0.1) is 16.7 Å². The Balaban J connectivity index is 1.91. The van der Waals surface area contributed by atoms with Crippen LogP contribution in [0.4, 0.5) is 4.79 Å². The van der Waals surface area contributed by atoms with Crippen molar-refractivity contribution in [2.75, 3.05) is 13.1 Å². The highest BCUT2D eigenvalue weighted by molar-refractivity contribution is 5.80. The van der Waals surface area contributed by atoms with Crippen molar-refractivity contribution in [1.82, 2.24) is 10.2 Å². The summed E-state index contributed by atoms with van der Waals surface area (Å²) in [6.45, 7) is 9.30. The summed E-state index contributed by atoms with van der Waals surface area (Å²) < 4.78 is 0. The van der Waals surface area contributed by atoms with Gasteiger partial charge in [-0.05, 0) is 29.6 Å². The number of carboxylic acid groups (broad SMARTS) is 1. The highest BCUT2D eigenvalue weighted by atomic mass is 16.4. The maximum absolute atomic E-state index is 12.4. The van der Waals surface area contributed by atoms with Crippen molar-refractivity contribution in [3.63, 3.8) is 0 Å². The standard InChI is InChI=1S/C16H28N2O3/c1-15(2)12(16(15,3)4)9-17-14(21)18(10-13(19)20)11-7-5-6-8-11/h11-12H,5-10H2,1-4H3,(H,17,21)(H,19,20). The van der Waals surface area contributed by atoms with Crippen LogP contribution < -0.4 is 5.32 Å². The fourth-order valence-corrected chi connectivity index (χ4v) is 3.86. The molecule has 0 aliphatic heterocycles. The zero-order valence-corrected chi connectivity index (χ0v) is 13.6. The van der Waals surface area contributed by atoms with E-state index in [9.17, 15) is 9.59 Å². The van der Waals surface area contributed by atoms with Gasteiger partial charge in [0.2, 0.25) is 0 Å². The molecule has 0 atom stereocenters. The molecule has 0 radical (unpaired) electrons. The van der Waals surface area contributed by atoms with Crippen LogP contribution in [-0.2, 0) is 4.79 Å². The molecule has 0 aromatic rings. The third-order valence-corrected chi connectivity index (χ3v) is 6.11. The lowest BCUT2D eigenvalue weighted by Crippen LogP contribution is -2.48. The molecular formula is C16H28N2O3. The Bertz CT molecular complexity index is 411. The van der Waals surface area contributed by atoms with Crippen molar-refractivity contribution in [3.8, 4) is 0 Å². The number of carboxylic acids is 1. The van der Waals surface area contributed by atoms with Gasteiger partial charge in [-0.2, -0.15) is 0 Å². The second-order valence-corrected chi connectivity index (χ2v) is 7.64. The van der Waals surface area contributed by atoms with Crippen LogP contribution in [0.3, 0.4) is 0 Å². The predicted octanol–water partition coefficient (Wildman–Crippen LogP) is 2.71. The Morgan fingerprint density at radius 2 is 1.67 bits per heavy atom. The lowest BCUT2D eigenvalue weighted by molar-refractivity contribution is -0.138. The molecule has 21 heavy (non-hydrogen) atoms. The summed E-state index contributed by atoms with van der Waals surface area (Å²) in [6, 6.07) is -0.135. The van der Waals surface area contributed by atoms with Crippen LogP contribution in [0.5, 0.6) is 0 Å². The minimum Gasteiger partial charge on any atom is -0.480 e. The molecule has 2 fully saturated rings. The molecule has 0 spiro atoms. The topological polar surface area (TPSA) is 69.6 Å². The summed E-state index contributed by atoms with van der Waals surface area (Å²) in [5, 5.41) is 12.0. The first-order valence-corrected chi connectivity index (χ1v) is 7.94. The molecular weight excluding hydrogens is 268 g/mol. The highest BCUT2D eigenvalue weighted by Gasteiger charge is 2.64. The van der Waals surface area contributed by atoms with Gasteiger partial charge in [0.15, 0.2) is 0 Å². The molecule has 2 amide bonds. The van der Waals surface area contributed by atoms with Gasteiger partial charge in [0.25, 0.3) is 0 Å². The van der Waals surface area contributed by atoms with E-state index < -0.39 is 5.97 Å². The first-order valence-electron chi connectivity index (χ1n) is 7.94. The van der Waals surface area contributed by atoms with Crippen LogP contribution in [0.25, 0.3) is 0 Å². The lowest BCUT2D eigenvalue weighted by atomic mass is 10.0. The van der Waals surface area contributed by atoms with Crippen LogP contribution in [0.15, 0.2) is 0 Å². The quantitative estimate of drug-likeness (QED) is 0.819. The normalized spacial score (nSPS) is 23.8. The Hall–Kier alpha value is -1.26. The third-order valence-electron chi connectivity index (χ3n) is 6.11. The van der Waals surface area contributed by atoms with E-state index in [1.54, 1.807) is 0 Å². The molecule has 2 rings (SSSR count). The van der Waals surface area contributed by atoms with E-state index in [0.717, 1.165) is 25.7 Å². The highest BCUT2D eigenvalue weighted by Crippen LogP contribution is 2.67. The molecule has 120 valence electrons. The predicted molar refractivity (Wildman–Crippen MR) is 81.0 cm³/mol. The molecule has 0 saturated heterocycles. The Labute approximate surface area is 127 Å². The average molecular weight is 296 g/mol. The van der Waals surface area contributed by atoms with Gasteiger partial charge in [0, 0.05) is 12.6 Å². The van der Waals surface area contributed by atoms with Gasteiger partial charge in [0.05, 0.1) is 0 Å². The van der Waals surface area contributed by atoms with Crippen molar-refractivity contribution in [1.29, 1.82) is 0 Å². The van der Waals surface area contributed by atoms with E-state index >= 15 is 0 Å². The largest absolute Gasteiger partial charge is 0.480 e. The minimum atomic E-state index is -0.941. The number of rotatable bonds is 5. The number of nitrogens with one attached hydrogen (secondary N) is 1.